The van der Waals surface area contributed by atoms with Gasteiger partial charge >= 0.3 is 0 Å². The second kappa shape index (κ2) is 7.64. The lowest BCUT2D eigenvalue weighted by molar-refractivity contribution is -0.122. The molecule has 0 aliphatic carbocycles. The molecule has 1 aliphatic rings. The average Bonchev–Trinajstić information content (AvgIpc) is 2.94. The van der Waals surface area contributed by atoms with Gasteiger partial charge in [-0.3, -0.25) is 9.69 Å². The molecule has 1 saturated heterocycles. The van der Waals surface area contributed by atoms with Crippen molar-refractivity contribution in [3.8, 4) is 0 Å². The van der Waals surface area contributed by atoms with Gasteiger partial charge in [-0.15, -0.1) is 0 Å². The van der Waals surface area contributed by atoms with Gasteiger partial charge in [-0.05, 0) is 49.9 Å². The Bertz CT molecular complexity index is 420. The van der Waals surface area contributed by atoms with Crippen LogP contribution in [0.1, 0.15) is 51.8 Å². The van der Waals surface area contributed by atoms with Crippen LogP contribution in [0.2, 0.25) is 0 Å². The molecule has 1 unspecified atom stereocenters. The monoisotopic (exact) mass is 292 g/mol. The highest BCUT2D eigenvalue weighted by Crippen LogP contribution is 2.26. The third-order valence-corrected chi connectivity index (χ3v) is 4.22. The molecule has 1 N–H and O–H groups in total. The summed E-state index contributed by atoms with van der Waals surface area (Å²) in [6.45, 7) is 9.22. The van der Waals surface area contributed by atoms with Crippen molar-refractivity contribution >= 4 is 5.91 Å². The number of hydrogen-bond donors (Lipinski definition) is 1. The van der Waals surface area contributed by atoms with Gasteiger partial charge in [0.05, 0.1) is 12.3 Å². The molecule has 1 atom stereocenters. The molecule has 4 heteroatoms. The first-order chi connectivity index (χ1) is 10.1. The topological polar surface area (TPSA) is 45.5 Å². The third kappa shape index (κ3) is 4.88. The van der Waals surface area contributed by atoms with Gasteiger partial charge in [-0.2, -0.15) is 0 Å². The molecule has 4 nitrogen and oxygen atoms in total. The van der Waals surface area contributed by atoms with Crippen LogP contribution in [0.3, 0.4) is 0 Å². The van der Waals surface area contributed by atoms with Crippen LogP contribution in [0.4, 0.5) is 0 Å². The van der Waals surface area contributed by atoms with E-state index in [1.54, 1.807) is 6.26 Å². The van der Waals surface area contributed by atoms with Gasteiger partial charge in [-0.25, -0.2) is 0 Å². The summed E-state index contributed by atoms with van der Waals surface area (Å²) in [5.74, 6) is 2.28. The van der Waals surface area contributed by atoms with Crippen molar-refractivity contribution in [2.75, 3.05) is 19.6 Å². The van der Waals surface area contributed by atoms with Crippen LogP contribution >= 0.6 is 0 Å². The quantitative estimate of drug-likeness (QED) is 0.875. The lowest BCUT2D eigenvalue weighted by Crippen LogP contribution is -2.42. The van der Waals surface area contributed by atoms with Gasteiger partial charge in [0, 0.05) is 13.0 Å². The van der Waals surface area contributed by atoms with E-state index >= 15 is 0 Å². The molecule has 118 valence electrons. The van der Waals surface area contributed by atoms with Gasteiger partial charge in [0.15, 0.2) is 0 Å². The summed E-state index contributed by atoms with van der Waals surface area (Å²) in [4.78, 5) is 14.3. The number of furan rings is 1. The van der Waals surface area contributed by atoms with Gasteiger partial charge in [-0.1, -0.05) is 20.8 Å². The number of nitrogens with one attached hydrogen (secondary N) is 1. The van der Waals surface area contributed by atoms with Gasteiger partial charge < -0.3 is 9.73 Å². The van der Waals surface area contributed by atoms with Crippen molar-refractivity contribution in [2.24, 2.45) is 11.8 Å². The molecular weight excluding hydrogens is 264 g/mol. The lowest BCUT2D eigenvalue weighted by atomic mass is 9.97. The summed E-state index contributed by atoms with van der Waals surface area (Å²) in [7, 11) is 0. The van der Waals surface area contributed by atoms with E-state index in [9.17, 15) is 4.79 Å². The highest BCUT2D eigenvalue weighted by atomic mass is 16.3. The van der Waals surface area contributed by atoms with Crippen molar-refractivity contribution < 1.29 is 9.21 Å². The van der Waals surface area contributed by atoms with E-state index in [0.717, 1.165) is 24.8 Å². The van der Waals surface area contributed by atoms with Gasteiger partial charge in [0.2, 0.25) is 5.91 Å². The number of carbonyl (C=O) groups is 1. The van der Waals surface area contributed by atoms with E-state index in [0.29, 0.717) is 18.9 Å². The van der Waals surface area contributed by atoms with Crippen LogP contribution in [0.25, 0.3) is 0 Å². The molecule has 1 aliphatic heterocycles. The van der Waals surface area contributed by atoms with Crippen LogP contribution in [-0.2, 0) is 4.79 Å². The smallest absolute Gasteiger partial charge is 0.220 e. The Morgan fingerprint density at radius 3 is 2.71 bits per heavy atom. The number of rotatable bonds is 6. The number of hydrogen-bond acceptors (Lipinski definition) is 3. The van der Waals surface area contributed by atoms with E-state index in [4.69, 9.17) is 4.42 Å². The first-order valence-corrected chi connectivity index (χ1v) is 8.10. The summed E-state index contributed by atoms with van der Waals surface area (Å²) in [5, 5.41) is 3.07. The molecule has 1 amide bonds. The minimum Gasteiger partial charge on any atom is -0.468 e. The summed E-state index contributed by atoms with van der Waals surface area (Å²) < 4.78 is 5.60. The van der Waals surface area contributed by atoms with Gasteiger partial charge in [0.25, 0.3) is 0 Å². The van der Waals surface area contributed by atoms with Crippen LogP contribution < -0.4 is 5.32 Å². The maximum absolute atomic E-state index is 11.9. The zero-order chi connectivity index (χ0) is 15.2. The maximum atomic E-state index is 11.9. The minimum absolute atomic E-state index is 0.131. The van der Waals surface area contributed by atoms with E-state index in [2.05, 4.69) is 31.0 Å². The molecular formula is C17H28N2O2. The summed E-state index contributed by atoms with van der Waals surface area (Å²) in [6.07, 6.45) is 4.74. The SMILES string of the molecule is CC(C)CC(=O)NCC(c1ccco1)N1CCC(C)CC1. The molecule has 1 fully saturated rings. The third-order valence-electron chi connectivity index (χ3n) is 4.22. The molecule has 21 heavy (non-hydrogen) atoms. The highest BCUT2D eigenvalue weighted by molar-refractivity contribution is 5.76. The van der Waals surface area contributed by atoms with Gasteiger partial charge in [0.1, 0.15) is 5.76 Å². The zero-order valence-electron chi connectivity index (χ0n) is 13.5. The Labute approximate surface area is 127 Å². The number of amides is 1. The number of piperidine rings is 1. The molecule has 2 heterocycles. The normalized spacial score (nSPS) is 18.9. The summed E-state index contributed by atoms with van der Waals surface area (Å²) in [5.41, 5.74) is 0. The Morgan fingerprint density at radius 1 is 1.43 bits per heavy atom. The van der Waals surface area contributed by atoms with E-state index < -0.39 is 0 Å². The maximum Gasteiger partial charge on any atom is 0.220 e. The summed E-state index contributed by atoms with van der Waals surface area (Å²) in [6, 6.07) is 4.09. The second-order valence-corrected chi connectivity index (χ2v) is 6.65. The molecule has 0 saturated carbocycles. The fourth-order valence-corrected chi connectivity index (χ4v) is 2.88. The predicted octanol–water partition coefficient (Wildman–Crippen LogP) is 3.21. The molecule has 0 aromatic carbocycles. The highest BCUT2D eigenvalue weighted by Gasteiger charge is 2.26. The van der Waals surface area contributed by atoms with Crippen LogP contribution in [0, 0.1) is 11.8 Å². The van der Waals surface area contributed by atoms with Crippen molar-refractivity contribution in [2.45, 2.75) is 46.1 Å². The van der Waals surface area contributed by atoms with Crippen LogP contribution in [0.15, 0.2) is 22.8 Å². The van der Waals surface area contributed by atoms with E-state index in [1.807, 2.05) is 12.1 Å². The number of nitrogens with zero attached hydrogens (tertiary/aromatic N) is 1. The van der Waals surface area contributed by atoms with E-state index in [1.165, 1.54) is 12.8 Å². The fourth-order valence-electron chi connectivity index (χ4n) is 2.88. The fraction of sp³-hybridized carbons (Fsp3) is 0.706. The van der Waals surface area contributed by atoms with Crippen LogP contribution in [-0.4, -0.2) is 30.4 Å². The number of likely N-dealkylation sites (tertiary alicyclic amines) is 1. The minimum atomic E-state index is 0.131. The van der Waals surface area contributed by atoms with Crippen molar-refractivity contribution in [1.82, 2.24) is 10.2 Å². The molecule has 2 rings (SSSR count). The Balaban J connectivity index is 1.95. The lowest BCUT2D eigenvalue weighted by Gasteiger charge is -2.35. The molecule has 0 radical (unpaired) electrons. The molecule has 0 bridgehead atoms. The average molecular weight is 292 g/mol. The van der Waals surface area contributed by atoms with E-state index in [-0.39, 0.29) is 11.9 Å². The Morgan fingerprint density at radius 2 is 2.14 bits per heavy atom. The number of carbonyl (C=O) groups excluding carboxylic acids is 1. The van der Waals surface area contributed by atoms with Crippen molar-refractivity contribution in [3.05, 3.63) is 24.2 Å². The van der Waals surface area contributed by atoms with Crippen LogP contribution in [0.5, 0.6) is 0 Å². The molecule has 1 aromatic heterocycles. The second-order valence-electron chi connectivity index (χ2n) is 6.65. The standard InChI is InChI=1S/C17H28N2O2/c1-13(2)11-17(20)18-12-15(16-5-4-10-21-16)19-8-6-14(3)7-9-19/h4-5,10,13-15H,6-9,11-12H2,1-3H3,(H,18,20). The summed E-state index contributed by atoms with van der Waals surface area (Å²) >= 11 is 0. The van der Waals surface area contributed by atoms with Crippen molar-refractivity contribution in [3.63, 3.8) is 0 Å². The molecule has 0 spiro atoms. The first kappa shape index (κ1) is 16.1. The largest absolute Gasteiger partial charge is 0.468 e. The zero-order valence-corrected chi connectivity index (χ0v) is 13.5. The molecule has 1 aromatic rings. The predicted molar refractivity (Wildman–Crippen MR) is 83.9 cm³/mol. The van der Waals surface area contributed by atoms with Crippen molar-refractivity contribution in [1.29, 1.82) is 0 Å². The Hall–Kier alpha value is -1.29. The Kier molecular flexibility index (Phi) is 5.85. The first-order valence-electron chi connectivity index (χ1n) is 8.10.